The molecule has 0 saturated carbocycles. The van der Waals surface area contributed by atoms with Gasteiger partial charge in [-0.05, 0) is 105 Å². The van der Waals surface area contributed by atoms with Crippen molar-refractivity contribution in [3.05, 3.63) is 59.9 Å². The van der Waals surface area contributed by atoms with E-state index in [1.54, 1.807) is 11.6 Å². The standard InChI is InChI=1S/C38H64O5Si2/c1-10-14-29-38(30-21-16-19-26-34(36(39)40)42-44(8,9)37(5,6)7)32(23-20-22-31-41-33-24-17-15-18-25-33)27-28-35(38)43-45(11-2,12-3)13-4/h15-18,24-27,34-35H,10-14,20-23,28-31H2,1-9H3,(H,39,40)/t19?,34?,35?,38-/m1/s1. The molecular formula is C38H64O5Si2. The van der Waals surface area contributed by atoms with Gasteiger partial charge >= 0.3 is 5.97 Å². The first-order valence-corrected chi connectivity index (χ1v) is 23.1. The number of para-hydroxylation sites is 1. The molecule has 3 atom stereocenters. The lowest BCUT2D eigenvalue weighted by Gasteiger charge is -2.43. The first kappa shape index (κ1) is 39.3. The fourth-order valence-corrected chi connectivity index (χ4v) is 10.4. The van der Waals surface area contributed by atoms with Crippen molar-refractivity contribution < 1.29 is 23.5 Å². The van der Waals surface area contributed by atoms with Crippen molar-refractivity contribution >= 4 is 22.6 Å². The average molecular weight is 657 g/mol. The smallest absolute Gasteiger partial charge is 0.336 e. The second-order valence-electron chi connectivity index (χ2n) is 14.4. The largest absolute Gasteiger partial charge is 0.494 e. The summed E-state index contributed by atoms with van der Waals surface area (Å²) in [5.74, 6) is -0.0196. The molecule has 7 heteroatoms. The topological polar surface area (TPSA) is 65.0 Å². The minimum atomic E-state index is -2.23. The summed E-state index contributed by atoms with van der Waals surface area (Å²) < 4.78 is 19.5. The van der Waals surface area contributed by atoms with Crippen molar-refractivity contribution in [2.24, 2.45) is 5.41 Å². The van der Waals surface area contributed by atoms with Crippen LogP contribution < -0.4 is 4.74 Å². The van der Waals surface area contributed by atoms with Gasteiger partial charge in [0, 0.05) is 5.41 Å². The second-order valence-corrected chi connectivity index (χ2v) is 23.9. The fraction of sp³-hybridized carbons (Fsp3) is 0.684. The van der Waals surface area contributed by atoms with Gasteiger partial charge in [-0.2, -0.15) is 0 Å². The molecule has 0 saturated heterocycles. The molecule has 0 fully saturated rings. The molecular weight excluding hydrogens is 593 g/mol. The van der Waals surface area contributed by atoms with Gasteiger partial charge in [-0.15, -0.1) is 5.73 Å². The molecule has 0 bridgehead atoms. The summed E-state index contributed by atoms with van der Waals surface area (Å²) in [5.41, 5.74) is 4.80. The minimum absolute atomic E-state index is 0.01000. The highest BCUT2D eigenvalue weighted by molar-refractivity contribution is 6.74. The molecule has 0 heterocycles. The summed E-state index contributed by atoms with van der Waals surface area (Å²) in [5, 5.41) is 9.82. The highest BCUT2D eigenvalue weighted by Crippen LogP contribution is 2.52. The maximum Gasteiger partial charge on any atom is 0.336 e. The fourth-order valence-electron chi connectivity index (χ4n) is 6.30. The molecule has 1 aromatic carbocycles. The van der Waals surface area contributed by atoms with Crippen LogP contribution in [0.15, 0.2) is 59.9 Å². The van der Waals surface area contributed by atoms with Crippen molar-refractivity contribution in [2.45, 2.75) is 155 Å². The first-order chi connectivity index (χ1) is 21.3. The summed E-state index contributed by atoms with van der Waals surface area (Å²) in [6.07, 6.45) is 14.9. The van der Waals surface area contributed by atoms with Gasteiger partial charge in [0.15, 0.2) is 22.7 Å². The third-order valence-corrected chi connectivity index (χ3v) is 19.7. The molecule has 1 aliphatic rings. The number of benzene rings is 1. The third-order valence-electron chi connectivity index (χ3n) is 10.6. The normalized spacial score (nSPS) is 19.5. The second kappa shape index (κ2) is 18.4. The van der Waals surface area contributed by atoms with E-state index in [4.69, 9.17) is 13.6 Å². The van der Waals surface area contributed by atoms with Crippen molar-refractivity contribution in [2.75, 3.05) is 6.61 Å². The van der Waals surface area contributed by atoms with Crippen LogP contribution in [0.3, 0.4) is 0 Å². The summed E-state index contributed by atoms with van der Waals surface area (Å²) in [6.45, 7) is 20.5. The van der Waals surface area contributed by atoms with Gasteiger partial charge in [0.2, 0.25) is 0 Å². The Kier molecular flexibility index (Phi) is 16.1. The van der Waals surface area contributed by atoms with Gasteiger partial charge < -0.3 is 18.7 Å². The first-order valence-electron chi connectivity index (χ1n) is 17.7. The van der Waals surface area contributed by atoms with E-state index < -0.39 is 28.7 Å². The SMILES string of the molecule is CCCC[C@@]1(CCC=C=CC(O[Si](C)(C)C(C)(C)C)C(=O)O)C(CCCCOc2ccccc2)=CCC1O[Si](CC)(CC)CC. The number of carboxylic acid groups (broad SMARTS) is 1. The number of carbonyl (C=O) groups is 1. The third kappa shape index (κ3) is 11.4. The average Bonchev–Trinajstić information content (AvgIpc) is 3.33. The Bertz CT molecular complexity index is 1100. The zero-order valence-corrected chi connectivity index (χ0v) is 32.0. The molecule has 0 aliphatic heterocycles. The van der Waals surface area contributed by atoms with Crippen LogP contribution in [0.4, 0.5) is 0 Å². The van der Waals surface area contributed by atoms with E-state index in [-0.39, 0.29) is 16.6 Å². The molecule has 1 aliphatic carbocycles. The van der Waals surface area contributed by atoms with Crippen LogP contribution in [0.25, 0.3) is 0 Å². The Hall–Kier alpha value is -1.90. The molecule has 1 N–H and O–H groups in total. The van der Waals surface area contributed by atoms with Gasteiger partial charge in [-0.3, -0.25) is 0 Å². The van der Waals surface area contributed by atoms with Crippen molar-refractivity contribution in [3.8, 4) is 5.75 Å². The minimum Gasteiger partial charge on any atom is -0.494 e. The van der Waals surface area contributed by atoms with Gasteiger partial charge in [-0.25, -0.2) is 4.79 Å². The van der Waals surface area contributed by atoms with Crippen LogP contribution in [0.1, 0.15) is 106 Å². The number of carboxylic acids is 1. The summed E-state index contributed by atoms with van der Waals surface area (Å²) in [7, 11) is -4.04. The Morgan fingerprint density at radius 1 is 1.04 bits per heavy atom. The Balaban J connectivity index is 2.25. The van der Waals surface area contributed by atoms with Crippen molar-refractivity contribution in [1.29, 1.82) is 0 Å². The summed E-state index contributed by atoms with van der Waals surface area (Å²) in [4.78, 5) is 12.1. The molecule has 0 spiro atoms. The van der Waals surface area contributed by atoms with Crippen LogP contribution in [0.5, 0.6) is 5.75 Å². The molecule has 254 valence electrons. The van der Waals surface area contributed by atoms with Gasteiger partial charge in [0.1, 0.15) is 5.75 Å². The number of rotatable bonds is 21. The number of hydrogen-bond acceptors (Lipinski definition) is 4. The lowest BCUT2D eigenvalue weighted by molar-refractivity contribution is -0.143. The van der Waals surface area contributed by atoms with Gasteiger partial charge in [-0.1, -0.05) is 91.2 Å². The summed E-state index contributed by atoms with van der Waals surface area (Å²) >= 11 is 0. The van der Waals surface area contributed by atoms with Crippen LogP contribution in [-0.2, 0) is 13.6 Å². The Labute approximate surface area is 277 Å². The van der Waals surface area contributed by atoms with Crippen LogP contribution in [-0.4, -0.2) is 46.5 Å². The number of aliphatic carboxylic acids is 1. The Morgan fingerprint density at radius 2 is 1.71 bits per heavy atom. The maximum atomic E-state index is 12.1. The van der Waals surface area contributed by atoms with E-state index in [2.05, 4.69) is 73.4 Å². The van der Waals surface area contributed by atoms with Crippen molar-refractivity contribution in [1.82, 2.24) is 0 Å². The van der Waals surface area contributed by atoms with Crippen LogP contribution in [0.2, 0.25) is 36.3 Å². The monoisotopic (exact) mass is 656 g/mol. The molecule has 0 amide bonds. The number of unbranched alkanes of at least 4 members (excludes halogenated alkanes) is 2. The van der Waals surface area contributed by atoms with Crippen LogP contribution >= 0.6 is 0 Å². The zero-order valence-electron chi connectivity index (χ0n) is 30.0. The molecule has 5 nitrogen and oxygen atoms in total. The summed E-state index contributed by atoms with van der Waals surface area (Å²) in [6, 6.07) is 13.5. The number of hydrogen-bond donors (Lipinski definition) is 1. The molecule has 2 rings (SSSR count). The highest BCUT2D eigenvalue weighted by Gasteiger charge is 2.47. The number of ether oxygens (including phenoxy) is 1. The molecule has 45 heavy (non-hydrogen) atoms. The molecule has 2 unspecified atom stereocenters. The molecule has 0 aromatic heterocycles. The van der Waals surface area contributed by atoms with E-state index in [1.807, 2.05) is 36.4 Å². The predicted molar refractivity (Wildman–Crippen MR) is 194 cm³/mol. The maximum absolute atomic E-state index is 12.1. The van der Waals surface area contributed by atoms with Gasteiger partial charge in [0.25, 0.3) is 0 Å². The van der Waals surface area contributed by atoms with E-state index in [0.717, 1.165) is 81.9 Å². The lowest BCUT2D eigenvalue weighted by Crippen LogP contribution is -2.46. The zero-order chi connectivity index (χ0) is 33.6. The quantitative estimate of drug-likeness (QED) is 0.0617. The highest BCUT2D eigenvalue weighted by atomic mass is 28.4. The lowest BCUT2D eigenvalue weighted by atomic mass is 9.70. The van der Waals surface area contributed by atoms with E-state index >= 15 is 0 Å². The van der Waals surface area contributed by atoms with E-state index in [1.165, 1.54) is 6.42 Å². The Morgan fingerprint density at radius 3 is 2.29 bits per heavy atom. The predicted octanol–water partition coefficient (Wildman–Crippen LogP) is 11.1. The molecule has 0 radical (unpaired) electrons. The van der Waals surface area contributed by atoms with Gasteiger partial charge in [0.05, 0.1) is 12.7 Å². The molecule has 1 aromatic rings. The van der Waals surface area contributed by atoms with E-state index in [0.29, 0.717) is 0 Å². The van der Waals surface area contributed by atoms with Crippen LogP contribution in [0, 0.1) is 5.41 Å². The van der Waals surface area contributed by atoms with E-state index in [9.17, 15) is 9.90 Å². The van der Waals surface area contributed by atoms with Crippen molar-refractivity contribution in [3.63, 3.8) is 0 Å².